The molecule has 1 heterocycles. The van der Waals surface area contributed by atoms with E-state index in [9.17, 15) is 0 Å². The Morgan fingerprint density at radius 3 is 2.65 bits per heavy atom. The van der Waals surface area contributed by atoms with Crippen LogP contribution in [0, 0.1) is 6.92 Å². The number of nitrogens with two attached hydrogens (primary N) is 1. The zero-order valence-electron chi connectivity index (χ0n) is 12.1. The van der Waals surface area contributed by atoms with Gasteiger partial charge in [-0.3, -0.25) is 16.0 Å². The van der Waals surface area contributed by atoms with Gasteiger partial charge in [-0.05, 0) is 44.0 Å². The fourth-order valence-corrected chi connectivity index (χ4v) is 2.93. The summed E-state index contributed by atoms with van der Waals surface area (Å²) in [5, 5.41) is 4.58. The first kappa shape index (κ1) is 15.2. The number of benzene rings is 1. The maximum atomic E-state index is 5.72. The normalized spacial score (nSPS) is 12.9. The Kier molecular flexibility index (Phi) is 4.96. The number of aryl methyl sites for hydroxylation is 1. The van der Waals surface area contributed by atoms with Gasteiger partial charge in [0.25, 0.3) is 0 Å². The molecule has 1 atom stereocenters. The summed E-state index contributed by atoms with van der Waals surface area (Å²) in [6.07, 6.45) is 2.77. The molecule has 2 rings (SSSR count). The SMILES string of the molecule is Cc1ccc(C(Cc2ccn(C(C)C)n2)NN)c(Br)c1. The Hall–Kier alpha value is -1.17. The molecule has 0 bridgehead atoms. The van der Waals surface area contributed by atoms with Gasteiger partial charge in [0.2, 0.25) is 0 Å². The molecule has 0 radical (unpaired) electrons. The smallest absolute Gasteiger partial charge is 0.0644 e. The lowest BCUT2D eigenvalue weighted by Crippen LogP contribution is -2.30. The number of rotatable bonds is 5. The van der Waals surface area contributed by atoms with Crippen molar-refractivity contribution in [3.63, 3.8) is 0 Å². The van der Waals surface area contributed by atoms with Gasteiger partial charge in [0.05, 0.1) is 11.7 Å². The third-order valence-corrected chi connectivity index (χ3v) is 4.03. The maximum absolute atomic E-state index is 5.72. The fourth-order valence-electron chi connectivity index (χ4n) is 2.16. The molecule has 2 aromatic rings. The highest BCUT2D eigenvalue weighted by Gasteiger charge is 2.15. The van der Waals surface area contributed by atoms with Crippen LogP contribution >= 0.6 is 15.9 Å². The van der Waals surface area contributed by atoms with Gasteiger partial charge in [0.1, 0.15) is 0 Å². The van der Waals surface area contributed by atoms with Gasteiger partial charge in [0, 0.05) is 23.1 Å². The number of aromatic nitrogens is 2. The van der Waals surface area contributed by atoms with Gasteiger partial charge in [-0.2, -0.15) is 5.10 Å². The van der Waals surface area contributed by atoms with E-state index in [1.807, 2.05) is 16.9 Å². The quantitative estimate of drug-likeness (QED) is 0.650. The van der Waals surface area contributed by atoms with Crippen LogP contribution < -0.4 is 11.3 Å². The first-order valence-electron chi connectivity index (χ1n) is 6.77. The van der Waals surface area contributed by atoms with Crippen molar-refractivity contribution in [3.8, 4) is 0 Å². The van der Waals surface area contributed by atoms with Crippen molar-refractivity contribution in [1.29, 1.82) is 0 Å². The van der Waals surface area contributed by atoms with Crippen molar-refractivity contribution >= 4 is 15.9 Å². The van der Waals surface area contributed by atoms with Crippen molar-refractivity contribution < 1.29 is 0 Å². The first-order chi connectivity index (χ1) is 9.51. The van der Waals surface area contributed by atoms with E-state index in [1.165, 1.54) is 5.56 Å². The Morgan fingerprint density at radius 2 is 2.10 bits per heavy atom. The third-order valence-electron chi connectivity index (χ3n) is 3.34. The summed E-state index contributed by atoms with van der Waals surface area (Å²) in [7, 11) is 0. The summed E-state index contributed by atoms with van der Waals surface area (Å²) in [6.45, 7) is 6.31. The summed E-state index contributed by atoms with van der Waals surface area (Å²) in [5.41, 5.74) is 6.30. The summed E-state index contributed by atoms with van der Waals surface area (Å²) in [4.78, 5) is 0. The van der Waals surface area contributed by atoms with Crippen LogP contribution in [0.1, 0.15) is 42.8 Å². The van der Waals surface area contributed by atoms with E-state index >= 15 is 0 Å². The molecule has 108 valence electrons. The van der Waals surface area contributed by atoms with Crippen LogP contribution in [0.25, 0.3) is 0 Å². The summed E-state index contributed by atoms with van der Waals surface area (Å²) < 4.78 is 3.04. The van der Waals surface area contributed by atoms with Gasteiger partial charge in [-0.25, -0.2) is 0 Å². The molecule has 1 unspecified atom stereocenters. The molecule has 1 aromatic carbocycles. The second-order valence-corrected chi connectivity index (χ2v) is 6.18. The van der Waals surface area contributed by atoms with Crippen molar-refractivity contribution in [1.82, 2.24) is 15.2 Å². The largest absolute Gasteiger partial charge is 0.271 e. The average molecular weight is 337 g/mol. The van der Waals surface area contributed by atoms with Crippen molar-refractivity contribution in [2.75, 3.05) is 0 Å². The number of hydrogen-bond acceptors (Lipinski definition) is 3. The molecule has 0 spiro atoms. The van der Waals surface area contributed by atoms with Crippen LogP contribution in [0.2, 0.25) is 0 Å². The molecule has 0 aliphatic heterocycles. The second-order valence-electron chi connectivity index (χ2n) is 5.33. The van der Waals surface area contributed by atoms with E-state index < -0.39 is 0 Å². The molecule has 0 saturated heterocycles. The Bertz CT molecular complexity index is 577. The monoisotopic (exact) mass is 336 g/mol. The van der Waals surface area contributed by atoms with Crippen molar-refractivity contribution in [2.24, 2.45) is 5.84 Å². The molecule has 0 saturated carbocycles. The Labute approximate surface area is 128 Å². The molecular weight excluding hydrogens is 316 g/mol. The molecule has 0 aliphatic carbocycles. The van der Waals surface area contributed by atoms with E-state index in [4.69, 9.17) is 5.84 Å². The average Bonchev–Trinajstić information content (AvgIpc) is 2.85. The summed E-state index contributed by atoms with van der Waals surface area (Å²) in [6, 6.07) is 8.76. The standard InChI is InChI=1S/C15H21BrN4/c1-10(2)20-7-6-12(19-20)9-15(18-17)13-5-4-11(3)8-14(13)16/h4-8,10,15,18H,9,17H2,1-3H3. The molecule has 20 heavy (non-hydrogen) atoms. The maximum Gasteiger partial charge on any atom is 0.0644 e. The van der Waals surface area contributed by atoms with Gasteiger partial charge >= 0.3 is 0 Å². The minimum absolute atomic E-state index is 0.0421. The minimum atomic E-state index is 0.0421. The first-order valence-corrected chi connectivity index (χ1v) is 7.56. The highest BCUT2D eigenvalue weighted by Crippen LogP contribution is 2.26. The highest BCUT2D eigenvalue weighted by molar-refractivity contribution is 9.10. The van der Waals surface area contributed by atoms with Crippen LogP contribution in [-0.4, -0.2) is 9.78 Å². The lowest BCUT2D eigenvalue weighted by molar-refractivity contribution is 0.506. The van der Waals surface area contributed by atoms with E-state index in [1.54, 1.807) is 0 Å². The Morgan fingerprint density at radius 1 is 1.35 bits per heavy atom. The third kappa shape index (κ3) is 3.48. The van der Waals surface area contributed by atoms with Crippen LogP contribution in [0.3, 0.4) is 0 Å². The molecule has 0 amide bonds. The predicted octanol–water partition coefficient (Wildman–Crippen LogP) is 3.28. The van der Waals surface area contributed by atoms with E-state index in [2.05, 4.69) is 65.4 Å². The molecule has 4 nitrogen and oxygen atoms in total. The lowest BCUT2D eigenvalue weighted by Gasteiger charge is -2.17. The number of hydrazine groups is 1. The number of hydrogen-bond donors (Lipinski definition) is 2. The van der Waals surface area contributed by atoms with E-state index in [-0.39, 0.29) is 6.04 Å². The van der Waals surface area contributed by atoms with Gasteiger partial charge < -0.3 is 0 Å². The molecule has 3 N–H and O–H groups in total. The number of nitrogens with one attached hydrogen (secondary N) is 1. The number of halogens is 1. The van der Waals surface area contributed by atoms with Gasteiger partial charge in [-0.1, -0.05) is 28.1 Å². The van der Waals surface area contributed by atoms with Gasteiger partial charge in [0.15, 0.2) is 0 Å². The highest BCUT2D eigenvalue weighted by atomic mass is 79.9. The van der Waals surface area contributed by atoms with E-state index in [0.717, 1.165) is 22.2 Å². The van der Waals surface area contributed by atoms with Crippen molar-refractivity contribution in [2.45, 2.75) is 39.3 Å². The predicted molar refractivity (Wildman–Crippen MR) is 85.3 cm³/mol. The topological polar surface area (TPSA) is 55.9 Å². The summed E-state index contributed by atoms with van der Waals surface area (Å²) in [5.74, 6) is 5.72. The second kappa shape index (κ2) is 6.52. The lowest BCUT2D eigenvalue weighted by atomic mass is 10.0. The molecule has 5 heteroatoms. The summed E-state index contributed by atoms with van der Waals surface area (Å²) >= 11 is 3.61. The van der Waals surface area contributed by atoms with E-state index in [0.29, 0.717) is 6.04 Å². The van der Waals surface area contributed by atoms with Crippen LogP contribution in [0.5, 0.6) is 0 Å². The zero-order valence-corrected chi connectivity index (χ0v) is 13.7. The number of nitrogens with zero attached hydrogens (tertiary/aromatic N) is 2. The fraction of sp³-hybridized carbons (Fsp3) is 0.400. The molecule has 0 fully saturated rings. The molecular formula is C15H21BrN4. The van der Waals surface area contributed by atoms with Crippen molar-refractivity contribution in [3.05, 3.63) is 51.8 Å². The minimum Gasteiger partial charge on any atom is -0.271 e. The molecule has 1 aromatic heterocycles. The van der Waals surface area contributed by atoms with Crippen LogP contribution in [0.15, 0.2) is 34.9 Å². The van der Waals surface area contributed by atoms with Crippen LogP contribution in [0.4, 0.5) is 0 Å². The zero-order chi connectivity index (χ0) is 14.7. The van der Waals surface area contributed by atoms with Crippen LogP contribution in [-0.2, 0) is 6.42 Å². The Balaban J connectivity index is 2.19. The van der Waals surface area contributed by atoms with Gasteiger partial charge in [-0.15, -0.1) is 0 Å². The molecule has 0 aliphatic rings.